The summed E-state index contributed by atoms with van der Waals surface area (Å²) in [6, 6.07) is 2.01. The van der Waals surface area contributed by atoms with E-state index in [1.165, 1.54) is 16.9 Å². The Morgan fingerprint density at radius 2 is 2.14 bits per heavy atom. The maximum absolute atomic E-state index is 12.7. The Kier molecular flexibility index (Phi) is 3.45. The fraction of sp³-hybridized carbons (Fsp3) is 0.375. The van der Waals surface area contributed by atoms with Gasteiger partial charge in [-0.1, -0.05) is 11.6 Å². The fourth-order valence-corrected chi connectivity index (χ4v) is 4.04. The van der Waals surface area contributed by atoms with Crippen molar-refractivity contribution in [3.63, 3.8) is 0 Å². The van der Waals surface area contributed by atoms with Crippen LogP contribution in [0.5, 0.6) is 0 Å². The number of hydrogen-bond donors (Lipinski definition) is 1. The lowest BCUT2D eigenvalue weighted by Crippen LogP contribution is -2.35. The number of aromatic nitrogens is 1. The van der Waals surface area contributed by atoms with Crippen molar-refractivity contribution in [3.05, 3.63) is 33.9 Å². The van der Waals surface area contributed by atoms with Gasteiger partial charge in [-0.25, -0.2) is 4.98 Å². The number of carbonyl (C=O) groups is 1. The lowest BCUT2D eigenvalue weighted by molar-refractivity contribution is 0.0772. The van der Waals surface area contributed by atoms with Crippen molar-refractivity contribution in [2.24, 2.45) is 0 Å². The van der Waals surface area contributed by atoms with E-state index in [1.54, 1.807) is 0 Å². The van der Waals surface area contributed by atoms with Crippen LogP contribution in [-0.4, -0.2) is 28.9 Å². The quantitative estimate of drug-likeness (QED) is 0.822. The van der Waals surface area contributed by atoms with Gasteiger partial charge < -0.3 is 10.6 Å². The second-order valence-electron chi connectivity index (χ2n) is 5.67. The molecule has 0 spiro atoms. The molecular formula is C16H19N3OS. The number of thiophene rings is 1. The summed E-state index contributed by atoms with van der Waals surface area (Å²) in [6.07, 6.45) is 3.10. The van der Waals surface area contributed by atoms with Crippen molar-refractivity contribution in [1.29, 1.82) is 0 Å². The van der Waals surface area contributed by atoms with Crippen LogP contribution in [0.4, 0.5) is 5.69 Å². The molecule has 5 heteroatoms. The lowest BCUT2D eigenvalue weighted by atomic mass is 10.1. The molecule has 0 aromatic carbocycles. The third-order valence-corrected chi connectivity index (χ3v) is 4.93. The summed E-state index contributed by atoms with van der Waals surface area (Å²) >= 11 is 1.41. The van der Waals surface area contributed by atoms with Gasteiger partial charge >= 0.3 is 0 Å². The maximum Gasteiger partial charge on any atom is 0.266 e. The average Bonchev–Trinajstić information content (AvgIpc) is 2.75. The predicted octanol–water partition coefficient (Wildman–Crippen LogP) is 3.29. The van der Waals surface area contributed by atoms with E-state index in [0.717, 1.165) is 34.4 Å². The van der Waals surface area contributed by atoms with E-state index in [0.29, 0.717) is 17.1 Å². The fourth-order valence-electron chi connectivity index (χ4n) is 2.86. The van der Waals surface area contributed by atoms with Crippen LogP contribution in [0.3, 0.4) is 0 Å². The zero-order chi connectivity index (χ0) is 15.1. The summed E-state index contributed by atoms with van der Waals surface area (Å²) in [5.74, 6) is 0.0278. The molecule has 21 heavy (non-hydrogen) atoms. The van der Waals surface area contributed by atoms with Gasteiger partial charge in [0.2, 0.25) is 0 Å². The molecule has 0 bridgehead atoms. The minimum absolute atomic E-state index is 0.0278. The van der Waals surface area contributed by atoms with E-state index >= 15 is 0 Å². The number of amides is 1. The third kappa shape index (κ3) is 2.42. The molecular weight excluding hydrogens is 282 g/mol. The summed E-state index contributed by atoms with van der Waals surface area (Å²) < 4.78 is 0. The number of fused-ring (bicyclic) bond motifs is 1. The molecule has 0 atom stereocenters. The van der Waals surface area contributed by atoms with Crippen LogP contribution in [-0.2, 0) is 0 Å². The van der Waals surface area contributed by atoms with Crippen LogP contribution >= 0.6 is 11.3 Å². The van der Waals surface area contributed by atoms with Gasteiger partial charge in [0, 0.05) is 24.2 Å². The van der Waals surface area contributed by atoms with Gasteiger partial charge in [-0.05, 0) is 38.8 Å². The van der Waals surface area contributed by atoms with Gasteiger partial charge in [0.1, 0.15) is 9.71 Å². The Morgan fingerprint density at radius 1 is 1.38 bits per heavy atom. The molecule has 2 aromatic heterocycles. The highest BCUT2D eigenvalue weighted by atomic mass is 32.1. The summed E-state index contributed by atoms with van der Waals surface area (Å²) in [7, 11) is 0. The SMILES string of the molecule is CC1=CCCN(C(=O)c2sc3nc(C)cc(C)c3c2N)C1. The van der Waals surface area contributed by atoms with Crippen molar-refractivity contribution >= 4 is 33.1 Å². The maximum atomic E-state index is 12.7. The van der Waals surface area contributed by atoms with Crippen LogP contribution in [0.15, 0.2) is 17.7 Å². The number of hydrogen-bond acceptors (Lipinski definition) is 4. The summed E-state index contributed by atoms with van der Waals surface area (Å²) in [6.45, 7) is 7.49. The zero-order valence-electron chi connectivity index (χ0n) is 12.6. The molecule has 3 rings (SSSR count). The Hall–Kier alpha value is -1.88. The largest absolute Gasteiger partial charge is 0.397 e. The molecule has 1 amide bonds. The second-order valence-corrected chi connectivity index (χ2v) is 6.67. The van der Waals surface area contributed by atoms with E-state index in [1.807, 2.05) is 24.8 Å². The normalized spacial score (nSPS) is 15.4. The highest BCUT2D eigenvalue weighted by Gasteiger charge is 2.24. The standard InChI is InChI=1S/C16H19N3OS/c1-9-5-4-6-19(8-9)16(20)14-13(17)12-10(2)7-11(3)18-15(12)21-14/h5,7H,4,6,8,17H2,1-3H3. The minimum atomic E-state index is 0.0278. The highest BCUT2D eigenvalue weighted by molar-refractivity contribution is 7.21. The Morgan fingerprint density at radius 3 is 2.86 bits per heavy atom. The van der Waals surface area contributed by atoms with Crippen molar-refractivity contribution in [3.8, 4) is 0 Å². The number of carbonyl (C=O) groups excluding carboxylic acids is 1. The Bertz CT molecular complexity index is 760. The van der Waals surface area contributed by atoms with Gasteiger partial charge in [-0.15, -0.1) is 11.3 Å². The molecule has 2 N–H and O–H groups in total. The van der Waals surface area contributed by atoms with E-state index < -0.39 is 0 Å². The van der Waals surface area contributed by atoms with Crippen molar-refractivity contribution in [2.45, 2.75) is 27.2 Å². The molecule has 1 aliphatic rings. The van der Waals surface area contributed by atoms with Crippen LogP contribution in [0.25, 0.3) is 10.2 Å². The van der Waals surface area contributed by atoms with Crippen molar-refractivity contribution in [2.75, 3.05) is 18.8 Å². The molecule has 3 heterocycles. The Labute approximate surface area is 128 Å². The third-order valence-electron chi connectivity index (χ3n) is 3.84. The topological polar surface area (TPSA) is 59.2 Å². The van der Waals surface area contributed by atoms with Crippen LogP contribution in [0, 0.1) is 13.8 Å². The first-order valence-electron chi connectivity index (χ1n) is 7.08. The van der Waals surface area contributed by atoms with Gasteiger partial charge in [0.25, 0.3) is 5.91 Å². The summed E-state index contributed by atoms with van der Waals surface area (Å²) in [5.41, 5.74) is 10.1. The van der Waals surface area contributed by atoms with Gasteiger partial charge in [0.05, 0.1) is 5.69 Å². The average molecular weight is 301 g/mol. The molecule has 0 unspecified atom stereocenters. The summed E-state index contributed by atoms with van der Waals surface area (Å²) in [5, 5.41) is 0.929. The van der Waals surface area contributed by atoms with E-state index in [4.69, 9.17) is 5.73 Å². The van der Waals surface area contributed by atoms with Gasteiger partial charge in [0.15, 0.2) is 0 Å². The first-order valence-corrected chi connectivity index (χ1v) is 7.90. The van der Waals surface area contributed by atoms with Crippen LogP contribution in [0.1, 0.15) is 34.3 Å². The molecule has 1 aliphatic heterocycles. The number of pyridine rings is 1. The number of nitrogens with two attached hydrogens (primary N) is 1. The van der Waals surface area contributed by atoms with E-state index in [2.05, 4.69) is 18.0 Å². The van der Waals surface area contributed by atoms with Crippen LogP contribution in [0.2, 0.25) is 0 Å². The van der Waals surface area contributed by atoms with E-state index in [-0.39, 0.29) is 5.91 Å². The predicted molar refractivity (Wildman–Crippen MR) is 87.8 cm³/mol. The molecule has 0 radical (unpaired) electrons. The van der Waals surface area contributed by atoms with Crippen LogP contribution < -0.4 is 5.73 Å². The Balaban J connectivity index is 2.05. The van der Waals surface area contributed by atoms with E-state index in [9.17, 15) is 4.79 Å². The molecule has 110 valence electrons. The molecule has 4 nitrogen and oxygen atoms in total. The monoisotopic (exact) mass is 301 g/mol. The van der Waals surface area contributed by atoms with Crippen molar-refractivity contribution in [1.82, 2.24) is 9.88 Å². The number of anilines is 1. The molecule has 0 aliphatic carbocycles. The molecule has 2 aromatic rings. The summed E-state index contributed by atoms with van der Waals surface area (Å²) in [4.78, 5) is 20.6. The van der Waals surface area contributed by atoms with Crippen molar-refractivity contribution < 1.29 is 4.79 Å². The van der Waals surface area contributed by atoms with Gasteiger partial charge in [-0.2, -0.15) is 0 Å². The lowest BCUT2D eigenvalue weighted by Gasteiger charge is -2.25. The number of nitrogens with zero attached hydrogens (tertiary/aromatic N) is 2. The first kappa shape index (κ1) is 14.1. The minimum Gasteiger partial charge on any atom is -0.397 e. The highest BCUT2D eigenvalue weighted by Crippen LogP contribution is 2.36. The number of aryl methyl sites for hydroxylation is 2. The molecule has 0 saturated heterocycles. The molecule has 0 saturated carbocycles. The number of nitrogen functional groups attached to an aromatic ring is 1. The first-order chi connectivity index (χ1) is 9.97. The molecule has 0 fully saturated rings. The smallest absolute Gasteiger partial charge is 0.266 e. The zero-order valence-corrected chi connectivity index (χ0v) is 13.4. The van der Waals surface area contributed by atoms with Gasteiger partial charge in [-0.3, -0.25) is 4.79 Å². The second kappa shape index (κ2) is 5.15. The number of rotatable bonds is 1.